The molecule has 0 spiro atoms. The Morgan fingerprint density at radius 1 is 1.22 bits per heavy atom. The number of amides is 1. The van der Waals surface area contributed by atoms with Crippen LogP contribution < -0.4 is 5.32 Å². The SMILES string of the molecule is CCCc1cc(C(=O)OCC(=O)Nc2nc(CC(=O)OCC)cs2)sc1C. The number of nitrogens with zero attached hydrogens (tertiary/aromatic N) is 1. The van der Waals surface area contributed by atoms with Crippen molar-refractivity contribution in [2.75, 3.05) is 18.5 Å². The molecule has 0 aliphatic heterocycles. The normalized spacial score (nSPS) is 10.5. The molecule has 0 saturated heterocycles. The number of carbonyl (C=O) groups excluding carboxylic acids is 3. The van der Waals surface area contributed by atoms with E-state index in [-0.39, 0.29) is 12.4 Å². The van der Waals surface area contributed by atoms with Crippen LogP contribution in [0.5, 0.6) is 0 Å². The van der Waals surface area contributed by atoms with Gasteiger partial charge < -0.3 is 9.47 Å². The molecule has 0 unspecified atom stereocenters. The Hall–Kier alpha value is -2.26. The van der Waals surface area contributed by atoms with Gasteiger partial charge in [-0.3, -0.25) is 14.9 Å². The van der Waals surface area contributed by atoms with Gasteiger partial charge in [-0.05, 0) is 31.9 Å². The van der Waals surface area contributed by atoms with Gasteiger partial charge >= 0.3 is 11.9 Å². The predicted octanol–water partition coefficient (Wildman–Crippen LogP) is 3.37. The average Bonchev–Trinajstić information content (AvgIpc) is 3.20. The van der Waals surface area contributed by atoms with Gasteiger partial charge in [0.15, 0.2) is 11.7 Å². The Balaban J connectivity index is 1.82. The largest absolute Gasteiger partial charge is 0.466 e. The molecule has 0 aliphatic carbocycles. The maximum atomic E-state index is 12.1. The van der Waals surface area contributed by atoms with Crippen LogP contribution in [0.15, 0.2) is 11.4 Å². The fraction of sp³-hybridized carbons (Fsp3) is 0.444. The molecule has 0 fully saturated rings. The van der Waals surface area contributed by atoms with Gasteiger partial charge in [0, 0.05) is 10.3 Å². The van der Waals surface area contributed by atoms with E-state index in [4.69, 9.17) is 9.47 Å². The van der Waals surface area contributed by atoms with Crippen molar-refractivity contribution in [3.05, 3.63) is 32.5 Å². The lowest BCUT2D eigenvalue weighted by Gasteiger charge is -2.03. The molecule has 0 atom stereocenters. The lowest BCUT2D eigenvalue weighted by atomic mass is 10.1. The summed E-state index contributed by atoms with van der Waals surface area (Å²) in [5.74, 6) is -1.37. The minimum atomic E-state index is -0.511. The summed E-state index contributed by atoms with van der Waals surface area (Å²) >= 11 is 2.56. The van der Waals surface area contributed by atoms with Crippen LogP contribution in [0, 0.1) is 6.92 Å². The molecule has 0 saturated carbocycles. The highest BCUT2D eigenvalue weighted by Gasteiger charge is 2.16. The summed E-state index contributed by atoms with van der Waals surface area (Å²) in [6.07, 6.45) is 1.96. The maximum Gasteiger partial charge on any atom is 0.348 e. The Morgan fingerprint density at radius 2 is 2.00 bits per heavy atom. The molecular weight excluding hydrogens is 388 g/mol. The molecule has 2 rings (SSSR count). The molecule has 2 aromatic rings. The summed E-state index contributed by atoms with van der Waals surface area (Å²) in [4.78, 5) is 41.2. The fourth-order valence-corrected chi connectivity index (χ4v) is 3.99. The highest BCUT2D eigenvalue weighted by Crippen LogP contribution is 2.23. The minimum Gasteiger partial charge on any atom is -0.466 e. The van der Waals surface area contributed by atoms with Gasteiger partial charge in [-0.25, -0.2) is 9.78 Å². The number of hydrogen-bond acceptors (Lipinski definition) is 8. The number of carbonyl (C=O) groups is 3. The summed E-state index contributed by atoms with van der Waals surface area (Å²) in [6.45, 7) is 5.69. The van der Waals surface area contributed by atoms with Crippen LogP contribution in [0.2, 0.25) is 0 Å². The van der Waals surface area contributed by atoms with Crippen LogP contribution >= 0.6 is 22.7 Å². The molecule has 1 N–H and O–H groups in total. The predicted molar refractivity (Wildman–Crippen MR) is 104 cm³/mol. The quantitative estimate of drug-likeness (QED) is 0.637. The molecule has 2 aromatic heterocycles. The van der Waals surface area contributed by atoms with E-state index in [9.17, 15) is 14.4 Å². The Bertz CT molecular complexity index is 813. The zero-order valence-corrected chi connectivity index (χ0v) is 17.1. The van der Waals surface area contributed by atoms with Crippen molar-refractivity contribution >= 4 is 45.7 Å². The monoisotopic (exact) mass is 410 g/mol. The van der Waals surface area contributed by atoms with E-state index in [0.717, 1.165) is 23.3 Å². The number of esters is 2. The van der Waals surface area contributed by atoms with Gasteiger partial charge in [-0.15, -0.1) is 22.7 Å². The number of nitrogens with one attached hydrogen (secondary N) is 1. The first kappa shape index (κ1) is 21.0. The molecule has 27 heavy (non-hydrogen) atoms. The number of thiophene rings is 1. The minimum absolute atomic E-state index is 0.0486. The highest BCUT2D eigenvalue weighted by molar-refractivity contribution is 7.14. The summed E-state index contributed by atoms with van der Waals surface area (Å²) in [7, 11) is 0. The first-order valence-corrected chi connectivity index (χ1v) is 10.3. The molecule has 2 heterocycles. The Morgan fingerprint density at radius 3 is 2.70 bits per heavy atom. The van der Waals surface area contributed by atoms with E-state index in [2.05, 4.69) is 17.2 Å². The average molecular weight is 411 g/mol. The van der Waals surface area contributed by atoms with E-state index >= 15 is 0 Å². The summed E-state index contributed by atoms with van der Waals surface area (Å²) in [5, 5.41) is 4.56. The number of rotatable bonds is 9. The topological polar surface area (TPSA) is 94.6 Å². The van der Waals surface area contributed by atoms with Gasteiger partial charge in [0.05, 0.1) is 18.7 Å². The number of thiazole rings is 1. The molecule has 1 amide bonds. The number of anilines is 1. The van der Waals surface area contributed by atoms with Crippen molar-refractivity contribution in [1.29, 1.82) is 0 Å². The van der Waals surface area contributed by atoms with Crippen molar-refractivity contribution in [1.82, 2.24) is 4.98 Å². The summed E-state index contributed by atoms with van der Waals surface area (Å²) in [6, 6.07) is 1.83. The van der Waals surface area contributed by atoms with Gasteiger partial charge in [-0.1, -0.05) is 13.3 Å². The summed E-state index contributed by atoms with van der Waals surface area (Å²) < 4.78 is 9.92. The fourth-order valence-electron chi connectivity index (χ4n) is 2.30. The second kappa shape index (κ2) is 10.2. The maximum absolute atomic E-state index is 12.1. The van der Waals surface area contributed by atoms with E-state index in [1.807, 2.05) is 13.0 Å². The molecule has 0 bridgehead atoms. The Kier molecular flexibility index (Phi) is 7.93. The zero-order chi connectivity index (χ0) is 19.8. The molecule has 0 aliphatic rings. The van der Waals surface area contributed by atoms with Crippen molar-refractivity contribution in [2.45, 2.75) is 40.0 Å². The number of hydrogen-bond donors (Lipinski definition) is 1. The van der Waals surface area contributed by atoms with Gasteiger partial charge in [0.2, 0.25) is 0 Å². The second-order valence-electron chi connectivity index (χ2n) is 5.69. The zero-order valence-electron chi connectivity index (χ0n) is 15.5. The lowest BCUT2D eigenvalue weighted by Crippen LogP contribution is -2.20. The Labute approximate surface area is 165 Å². The third-order valence-electron chi connectivity index (χ3n) is 3.50. The molecule has 0 aromatic carbocycles. The van der Waals surface area contributed by atoms with Crippen molar-refractivity contribution in [2.24, 2.45) is 0 Å². The molecule has 0 radical (unpaired) electrons. The highest BCUT2D eigenvalue weighted by atomic mass is 32.1. The number of ether oxygens (including phenoxy) is 2. The van der Waals surface area contributed by atoms with Gasteiger partial charge in [0.25, 0.3) is 5.91 Å². The smallest absolute Gasteiger partial charge is 0.348 e. The molecular formula is C18H22N2O5S2. The first-order valence-electron chi connectivity index (χ1n) is 8.59. The van der Waals surface area contributed by atoms with Crippen LogP contribution in [0.4, 0.5) is 5.13 Å². The first-order chi connectivity index (χ1) is 12.9. The van der Waals surface area contributed by atoms with E-state index in [1.54, 1.807) is 12.3 Å². The van der Waals surface area contributed by atoms with Gasteiger partial charge in [-0.2, -0.15) is 0 Å². The number of aromatic nitrogens is 1. The standard InChI is InChI=1S/C18H22N2O5S2/c1-4-6-12-7-14(27-11(12)3)17(23)25-9-15(21)20-18-19-13(10-26-18)8-16(22)24-5-2/h7,10H,4-6,8-9H2,1-3H3,(H,19,20,21). The van der Waals surface area contributed by atoms with Gasteiger partial charge in [0.1, 0.15) is 4.88 Å². The number of aryl methyl sites for hydroxylation is 2. The third-order valence-corrected chi connectivity index (χ3v) is 5.38. The molecule has 7 nitrogen and oxygen atoms in total. The van der Waals surface area contributed by atoms with E-state index in [1.165, 1.54) is 22.7 Å². The van der Waals surface area contributed by atoms with Crippen molar-refractivity contribution < 1.29 is 23.9 Å². The third kappa shape index (κ3) is 6.44. The van der Waals surface area contributed by atoms with Crippen LogP contribution in [0.3, 0.4) is 0 Å². The van der Waals surface area contributed by atoms with Crippen molar-refractivity contribution in [3.8, 4) is 0 Å². The van der Waals surface area contributed by atoms with Crippen LogP contribution in [0.1, 0.15) is 46.1 Å². The lowest BCUT2D eigenvalue weighted by molar-refractivity contribution is -0.142. The summed E-state index contributed by atoms with van der Waals surface area (Å²) in [5.41, 5.74) is 1.65. The molecule has 146 valence electrons. The van der Waals surface area contributed by atoms with Crippen LogP contribution in [-0.2, 0) is 31.9 Å². The van der Waals surface area contributed by atoms with Crippen LogP contribution in [0.25, 0.3) is 0 Å². The molecule has 9 heteroatoms. The second-order valence-corrected chi connectivity index (χ2v) is 7.81. The van der Waals surface area contributed by atoms with E-state index < -0.39 is 18.5 Å². The van der Waals surface area contributed by atoms with E-state index in [0.29, 0.717) is 22.3 Å². The van der Waals surface area contributed by atoms with Crippen molar-refractivity contribution in [3.63, 3.8) is 0 Å². The van der Waals surface area contributed by atoms with Crippen LogP contribution in [-0.4, -0.2) is 36.0 Å².